The molecule has 1 atom stereocenters. The first-order valence-corrected chi connectivity index (χ1v) is 7.13. The van der Waals surface area contributed by atoms with Crippen LogP contribution < -0.4 is 19.9 Å². The second kappa shape index (κ2) is 5.13. The van der Waals surface area contributed by atoms with Crippen molar-refractivity contribution in [2.75, 3.05) is 19.8 Å². The molecule has 0 amide bonds. The minimum Gasteiger partial charge on any atom is -0.486 e. The van der Waals surface area contributed by atoms with Gasteiger partial charge in [-0.2, -0.15) is 0 Å². The third kappa shape index (κ3) is 2.74. The molecule has 2 rings (SSSR count). The largest absolute Gasteiger partial charge is 0.486 e. The van der Waals surface area contributed by atoms with E-state index in [4.69, 9.17) is 15.2 Å². The molecule has 0 fully saturated rings. The number of hydrogen-bond acceptors (Lipinski definition) is 5. The van der Waals surface area contributed by atoms with Crippen LogP contribution >= 0.6 is 0 Å². The monoisotopic (exact) mass is 272 g/mol. The van der Waals surface area contributed by atoms with Crippen LogP contribution in [0.4, 0.5) is 0 Å². The van der Waals surface area contributed by atoms with Gasteiger partial charge in [0, 0.05) is 18.7 Å². The molecule has 7 heteroatoms. The summed E-state index contributed by atoms with van der Waals surface area (Å²) in [5.74, 6) is 1.01. The van der Waals surface area contributed by atoms with Crippen molar-refractivity contribution in [3.63, 3.8) is 0 Å². The number of nitrogens with one attached hydrogen (secondary N) is 1. The number of benzene rings is 1. The number of sulfonamides is 1. The molecule has 0 aromatic heterocycles. The summed E-state index contributed by atoms with van der Waals surface area (Å²) in [6.45, 7) is 2.84. The highest BCUT2D eigenvalue weighted by Gasteiger charge is 2.20. The maximum Gasteiger partial charge on any atom is 0.240 e. The molecule has 6 nitrogen and oxygen atoms in total. The highest BCUT2D eigenvalue weighted by Crippen LogP contribution is 2.32. The molecule has 1 aromatic carbocycles. The standard InChI is InChI=1S/C11H16N2O4S/c1-8(7-12)13-18(14,15)9-2-3-10-11(6-9)17-5-4-16-10/h2-3,6,8,13H,4-5,7,12H2,1H3/t8-/m0/s1. The molecular weight excluding hydrogens is 256 g/mol. The summed E-state index contributed by atoms with van der Waals surface area (Å²) in [4.78, 5) is 0.145. The Labute approximate surface area is 106 Å². The van der Waals surface area contributed by atoms with Crippen LogP contribution in [-0.4, -0.2) is 34.2 Å². The van der Waals surface area contributed by atoms with Crippen molar-refractivity contribution in [3.8, 4) is 11.5 Å². The molecule has 0 bridgehead atoms. The van der Waals surface area contributed by atoms with Crippen LogP contribution in [0.25, 0.3) is 0 Å². The fourth-order valence-corrected chi connectivity index (χ4v) is 2.84. The zero-order chi connectivity index (χ0) is 13.2. The van der Waals surface area contributed by atoms with Crippen molar-refractivity contribution in [3.05, 3.63) is 18.2 Å². The first kappa shape index (κ1) is 13.1. The lowest BCUT2D eigenvalue weighted by Gasteiger charge is -2.19. The first-order chi connectivity index (χ1) is 8.53. The Kier molecular flexibility index (Phi) is 3.74. The van der Waals surface area contributed by atoms with Gasteiger partial charge in [0.25, 0.3) is 0 Å². The van der Waals surface area contributed by atoms with Crippen LogP contribution in [0.2, 0.25) is 0 Å². The fraction of sp³-hybridized carbons (Fsp3) is 0.455. The van der Waals surface area contributed by atoms with Crippen LogP contribution in [0.15, 0.2) is 23.1 Å². The van der Waals surface area contributed by atoms with E-state index >= 15 is 0 Å². The van der Waals surface area contributed by atoms with Crippen molar-refractivity contribution in [1.82, 2.24) is 4.72 Å². The van der Waals surface area contributed by atoms with Crippen LogP contribution in [0.3, 0.4) is 0 Å². The molecule has 18 heavy (non-hydrogen) atoms. The average Bonchev–Trinajstić information content (AvgIpc) is 2.37. The predicted molar refractivity (Wildman–Crippen MR) is 66.3 cm³/mol. The molecule has 100 valence electrons. The molecule has 0 saturated carbocycles. The lowest BCUT2D eigenvalue weighted by molar-refractivity contribution is 0.171. The van der Waals surface area contributed by atoms with Crippen LogP contribution in [0.5, 0.6) is 11.5 Å². The van der Waals surface area contributed by atoms with Gasteiger partial charge in [-0.3, -0.25) is 0 Å². The SMILES string of the molecule is C[C@@H](CN)NS(=O)(=O)c1ccc2c(c1)OCCO2. The summed E-state index contributed by atoms with van der Waals surface area (Å²) in [5, 5.41) is 0. The van der Waals surface area contributed by atoms with E-state index in [1.165, 1.54) is 12.1 Å². The summed E-state index contributed by atoms with van der Waals surface area (Å²) in [6.07, 6.45) is 0. The molecule has 1 aliphatic rings. The smallest absolute Gasteiger partial charge is 0.240 e. The Hall–Kier alpha value is -1.31. The third-order valence-corrected chi connectivity index (χ3v) is 4.12. The summed E-state index contributed by atoms with van der Waals surface area (Å²) in [7, 11) is -3.57. The Bertz CT molecular complexity index is 530. The summed E-state index contributed by atoms with van der Waals surface area (Å²) < 4.78 is 37.2. The van der Waals surface area contributed by atoms with Gasteiger partial charge in [0.2, 0.25) is 10.0 Å². The minimum absolute atomic E-state index is 0.145. The van der Waals surface area contributed by atoms with Gasteiger partial charge < -0.3 is 15.2 Å². The van der Waals surface area contributed by atoms with Crippen molar-refractivity contribution in [2.24, 2.45) is 5.73 Å². The second-order valence-corrected chi connectivity index (χ2v) is 5.78. The summed E-state index contributed by atoms with van der Waals surface area (Å²) >= 11 is 0. The van der Waals surface area contributed by atoms with E-state index in [2.05, 4.69) is 4.72 Å². The molecule has 0 aliphatic carbocycles. The van der Waals surface area contributed by atoms with Gasteiger partial charge in [-0.05, 0) is 19.1 Å². The zero-order valence-electron chi connectivity index (χ0n) is 10.0. The van der Waals surface area contributed by atoms with Gasteiger partial charge >= 0.3 is 0 Å². The average molecular weight is 272 g/mol. The van der Waals surface area contributed by atoms with Crippen molar-refractivity contribution in [1.29, 1.82) is 0 Å². The molecule has 0 spiro atoms. The highest BCUT2D eigenvalue weighted by atomic mass is 32.2. The molecule has 0 saturated heterocycles. The van der Waals surface area contributed by atoms with Crippen molar-refractivity contribution < 1.29 is 17.9 Å². The van der Waals surface area contributed by atoms with E-state index in [0.29, 0.717) is 24.7 Å². The lowest BCUT2D eigenvalue weighted by atomic mass is 10.3. The topological polar surface area (TPSA) is 90.7 Å². The Morgan fingerprint density at radius 2 is 2.00 bits per heavy atom. The minimum atomic E-state index is -3.57. The quantitative estimate of drug-likeness (QED) is 0.810. The normalized spacial score (nSPS) is 16.3. The lowest BCUT2D eigenvalue weighted by Crippen LogP contribution is -2.37. The number of nitrogens with two attached hydrogens (primary N) is 1. The maximum atomic E-state index is 12.0. The summed E-state index contributed by atoms with van der Waals surface area (Å²) in [5.41, 5.74) is 5.40. The fourth-order valence-electron chi connectivity index (χ4n) is 1.57. The van der Waals surface area contributed by atoms with Crippen molar-refractivity contribution in [2.45, 2.75) is 17.9 Å². The van der Waals surface area contributed by atoms with E-state index in [1.807, 2.05) is 0 Å². The predicted octanol–water partition coefficient (Wildman–Crippen LogP) is 0.0833. The molecule has 1 heterocycles. The number of fused-ring (bicyclic) bond motifs is 1. The van der Waals surface area contributed by atoms with Gasteiger partial charge in [0.1, 0.15) is 13.2 Å². The van der Waals surface area contributed by atoms with Gasteiger partial charge in [0.15, 0.2) is 11.5 Å². The number of hydrogen-bond donors (Lipinski definition) is 2. The van der Waals surface area contributed by atoms with Crippen LogP contribution in [0, 0.1) is 0 Å². The van der Waals surface area contributed by atoms with Crippen molar-refractivity contribution >= 4 is 10.0 Å². The zero-order valence-corrected chi connectivity index (χ0v) is 10.9. The van der Waals surface area contributed by atoms with Crippen LogP contribution in [0.1, 0.15) is 6.92 Å². The number of ether oxygens (including phenoxy) is 2. The molecule has 3 N–H and O–H groups in total. The first-order valence-electron chi connectivity index (χ1n) is 5.65. The van der Waals surface area contributed by atoms with E-state index in [-0.39, 0.29) is 17.5 Å². The molecule has 0 unspecified atom stereocenters. The molecule has 0 radical (unpaired) electrons. The van der Waals surface area contributed by atoms with Gasteiger partial charge in [-0.15, -0.1) is 0 Å². The van der Waals surface area contributed by atoms with Gasteiger partial charge in [0.05, 0.1) is 4.90 Å². The van der Waals surface area contributed by atoms with Gasteiger partial charge in [-0.1, -0.05) is 0 Å². The maximum absolute atomic E-state index is 12.0. The van der Waals surface area contributed by atoms with E-state index in [1.54, 1.807) is 13.0 Å². The molecule has 1 aliphatic heterocycles. The van der Waals surface area contributed by atoms with Gasteiger partial charge in [-0.25, -0.2) is 13.1 Å². The second-order valence-electron chi connectivity index (χ2n) is 4.06. The van der Waals surface area contributed by atoms with E-state index in [9.17, 15) is 8.42 Å². The third-order valence-electron chi connectivity index (χ3n) is 2.53. The Morgan fingerprint density at radius 1 is 1.33 bits per heavy atom. The molecule has 1 aromatic rings. The Balaban J connectivity index is 2.28. The van der Waals surface area contributed by atoms with E-state index < -0.39 is 10.0 Å². The summed E-state index contributed by atoms with van der Waals surface area (Å²) in [6, 6.07) is 4.22. The van der Waals surface area contributed by atoms with E-state index in [0.717, 1.165) is 0 Å². The molecular formula is C11H16N2O4S. The number of rotatable bonds is 4. The Morgan fingerprint density at radius 3 is 2.67 bits per heavy atom. The van der Waals surface area contributed by atoms with Crippen LogP contribution in [-0.2, 0) is 10.0 Å². The highest BCUT2D eigenvalue weighted by molar-refractivity contribution is 7.89.